The molecule has 0 spiro atoms. The molecule has 1 aromatic carbocycles. The second-order valence-electron chi connectivity index (χ2n) is 13.9. The average Bonchev–Trinajstić information content (AvgIpc) is 3.22. The van der Waals surface area contributed by atoms with Crippen LogP contribution in [0.1, 0.15) is 116 Å². The monoisotopic (exact) mass is 490 g/mol. The number of hydrogen-bond acceptors (Lipinski definition) is 2. The van der Waals surface area contributed by atoms with Crippen LogP contribution < -0.4 is 0 Å². The van der Waals surface area contributed by atoms with E-state index in [2.05, 4.69) is 40.7 Å². The Labute approximate surface area is 220 Å². The van der Waals surface area contributed by atoms with E-state index in [1.165, 1.54) is 57.8 Å². The first-order valence-corrected chi connectivity index (χ1v) is 15.2. The van der Waals surface area contributed by atoms with Crippen molar-refractivity contribution in [1.29, 1.82) is 0 Å². The van der Waals surface area contributed by atoms with Gasteiger partial charge in [-0.2, -0.15) is 0 Å². The average molecular weight is 491 g/mol. The molecule has 3 fully saturated rings. The molecule has 8 atom stereocenters. The van der Waals surface area contributed by atoms with Gasteiger partial charge < -0.3 is 4.74 Å². The summed E-state index contributed by atoms with van der Waals surface area (Å²) >= 11 is 0. The first kappa shape index (κ1) is 26.1. The van der Waals surface area contributed by atoms with E-state index in [9.17, 15) is 4.79 Å². The zero-order valence-corrected chi connectivity index (χ0v) is 23.6. The lowest BCUT2D eigenvalue weighted by atomic mass is 9.47. The van der Waals surface area contributed by atoms with Crippen LogP contribution in [0.2, 0.25) is 0 Å². The van der Waals surface area contributed by atoms with Gasteiger partial charge in [0.2, 0.25) is 0 Å². The minimum absolute atomic E-state index is 0.0324. The summed E-state index contributed by atoms with van der Waals surface area (Å²) in [6.07, 6.45) is 17.0. The Hall–Kier alpha value is -1.57. The van der Waals surface area contributed by atoms with Crippen molar-refractivity contribution < 1.29 is 9.53 Å². The van der Waals surface area contributed by atoms with E-state index in [1.807, 2.05) is 30.3 Å². The molecule has 3 saturated carbocycles. The van der Waals surface area contributed by atoms with Gasteiger partial charge in [-0.15, -0.1) is 0 Å². The molecule has 2 heteroatoms. The summed E-state index contributed by atoms with van der Waals surface area (Å²) in [5.74, 6) is 5.03. The normalized spacial score (nSPS) is 38.5. The topological polar surface area (TPSA) is 26.3 Å². The molecule has 0 aliphatic heterocycles. The highest BCUT2D eigenvalue weighted by Gasteiger charge is 2.59. The quantitative estimate of drug-likeness (QED) is 0.281. The zero-order valence-electron chi connectivity index (χ0n) is 23.6. The van der Waals surface area contributed by atoms with Crippen LogP contribution in [0.3, 0.4) is 0 Å². The maximum absolute atomic E-state index is 12.7. The molecule has 0 amide bonds. The molecular weight excluding hydrogens is 440 g/mol. The lowest BCUT2D eigenvalue weighted by molar-refractivity contribution is -0.0594. The van der Waals surface area contributed by atoms with Crippen molar-refractivity contribution in [2.24, 2.45) is 46.3 Å². The van der Waals surface area contributed by atoms with E-state index >= 15 is 0 Å². The van der Waals surface area contributed by atoms with Crippen LogP contribution in [-0.2, 0) is 4.74 Å². The minimum Gasteiger partial charge on any atom is -0.458 e. The third kappa shape index (κ3) is 4.71. The van der Waals surface area contributed by atoms with Crippen LogP contribution in [0.4, 0.5) is 0 Å². The van der Waals surface area contributed by atoms with Gasteiger partial charge in [-0.05, 0) is 103 Å². The van der Waals surface area contributed by atoms with E-state index in [0.29, 0.717) is 16.4 Å². The van der Waals surface area contributed by atoms with Crippen molar-refractivity contribution in [2.75, 3.05) is 0 Å². The summed E-state index contributed by atoms with van der Waals surface area (Å²) in [6.45, 7) is 12.6. The molecule has 0 heterocycles. The van der Waals surface area contributed by atoms with Crippen molar-refractivity contribution >= 4 is 5.97 Å². The lowest BCUT2D eigenvalue weighted by Crippen LogP contribution is -2.51. The largest absolute Gasteiger partial charge is 0.458 e. The zero-order chi connectivity index (χ0) is 25.5. The molecule has 4 aliphatic rings. The second-order valence-corrected chi connectivity index (χ2v) is 13.9. The number of esters is 1. The van der Waals surface area contributed by atoms with Gasteiger partial charge in [0, 0.05) is 6.42 Å². The van der Waals surface area contributed by atoms with E-state index in [-0.39, 0.29) is 12.1 Å². The molecule has 0 aromatic heterocycles. The fourth-order valence-electron chi connectivity index (χ4n) is 9.55. The Bertz CT molecular complexity index is 947. The van der Waals surface area contributed by atoms with Crippen molar-refractivity contribution in [2.45, 2.75) is 111 Å². The molecule has 0 saturated heterocycles. The summed E-state index contributed by atoms with van der Waals surface area (Å²) in [5.41, 5.74) is 3.12. The summed E-state index contributed by atoms with van der Waals surface area (Å²) in [7, 11) is 0. The van der Waals surface area contributed by atoms with E-state index in [1.54, 1.807) is 5.57 Å². The third-order valence-electron chi connectivity index (χ3n) is 11.5. The number of hydrogen-bond donors (Lipinski definition) is 0. The predicted octanol–water partition coefficient (Wildman–Crippen LogP) is 9.25. The summed E-state index contributed by atoms with van der Waals surface area (Å²) in [4.78, 5) is 12.7. The van der Waals surface area contributed by atoms with E-state index in [4.69, 9.17) is 4.74 Å². The van der Waals surface area contributed by atoms with Gasteiger partial charge in [0.1, 0.15) is 6.10 Å². The first-order chi connectivity index (χ1) is 17.2. The molecule has 0 radical (unpaired) electrons. The highest BCUT2D eigenvalue weighted by Crippen LogP contribution is 2.67. The van der Waals surface area contributed by atoms with Crippen LogP contribution in [0.25, 0.3) is 0 Å². The number of carbonyl (C=O) groups excluding carboxylic acids is 1. The number of benzene rings is 1. The molecule has 5 rings (SSSR count). The molecule has 4 aliphatic carbocycles. The van der Waals surface area contributed by atoms with Crippen LogP contribution in [0, 0.1) is 46.3 Å². The van der Waals surface area contributed by atoms with Crippen LogP contribution in [-0.4, -0.2) is 12.1 Å². The Morgan fingerprint density at radius 1 is 0.972 bits per heavy atom. The number of allylic oxidation sites excluding steroid dienone is 1. The van der Waals surface area contributed by atoms with Gasteiger partial charge in [-0.3, -0.25) is 0 Å². The van der Waals surface area contributed by atoms with Crippen molar-refractivity contribution in [3.8, 4) is 0 Å². The van der Waals surface area contributed by atoms with Gasteiger partial charge in [-0.25, -0.2) is 4.79 Å². The lowest BCUT2D eigenvalue weighted by Gasteiger charge is -2.58. The van der Waals surface area contributed by atoms with Gasteiger partial charge in [-0.1, -0.05) is 83.7 Å². The SMILES string of the molecule is CC(C)CCC[C@@H](C)[C@@H]1CC[C@H]2[C@H]3CC=C4C[C@@H](OC(=O)c5ccccc5)CC[C@]4(C)[C@@H]3CC[C@@]21C. The van der Waals surface area contributed by atoms with Crippen LogP contribution in [0.5, 0.6) is 0 Å². The maximum atomic E-state index is 12.7. The predicted molar refractivity (Wildman–Crippen MR) is 149 cm³/mol. The molecule has 0 unspecified atom stereocenters. The summed E-state index contributed by atoms with van der Waals surface area (Å²) in [5, 5.41) is 0. The fourth-order valence-corrected chi connectivity index (χ4v) is 9.55. The van der Waals surface area contributed by atoms with Crippen LogP contribution in [0.15, 0.2) is 42.0 Å². The standard InChI is InChI=1S/C34H50O2/c1-23(2)10-9-11-24(3)29-16-17-30-28-15-14-26-22-27(36-32(35)25-12-7-6-8-13-25)18-20-33(26,4)31(28)19-21-34(29,30)5/h6-8,12-14,23-24,27-31H,9-11,15-22H2,1-5H3/t24-,27+,28-,29+,30+,31-,33+,34-/m1/s1. The van der Waals surface area contributed by atoms with Gasteiger partial charge in [0.15, 0.2) is 0 Å². The summed E-state index contributed by atoms with van der Waals surface area (Å²) in [6, 6.07) is 9.49. The highest BCUT2D eigenvalue weighted by atomic mass is 16.5. The number of rotatable bonds is 7. The fraction of sp³-hybridized carbons (Fsp3) is 0.735. The Kier molecular flexibility index (Phi) is 7.45. The Balaban J connectivity index is 1.25. The van der Waals surface area contributed by atoms with Crippen molar-refractivity contribution in [1.82, 2.24) is 0 Å². The highest BCUT2D eigenvalue weighted by molar-refractivity contribution is 5.89. The van der Waals surface area contributed by atoms with E-state index in [0.717, 1.165) is 48.3 Å². The number of ether oxygens (including phenoxy) is 1. The molecule has 0 bridgehead atoms. The molecule has 0 N–H and O–H groups in total. The maximum Gasteiger partial charge on any atom is 0.338 e. The van der Waals surface area contributed by atoms with Crippen molar-refractivity contribution in [3.05, 3.63) is 47.5 Å². The Morgan fingerprint density at radius 3 is 2.50 bits per heavy atom. The van der Waals surface area contributed by atoms with Crippen molar-refractivity contribution in [3.63, 3.8) is 0 Å². The summed E-state index contributed by atoms with van der Waals surface area (Å²) < 4.78 is 6.00. The Morgan fingerprint density at radius 2 is 1.75 bits per heavy atom. The molecule has 198 valence electrons. The van der Waals surface area contributed by atoms with Crippen LogP contribution >= 0.6 is 0 Å². The van der Waals surface area contributed by atoms with Gasteiger partial charge in [0.05, 0.1) is 5.56 Å². The van der Waals surface area contributed by atoms with E-state index < -0.39 is 0 Å². The smallest absolute Gasteiger partial charge is 0.338 e. The molecular formula is C34H50O2. The van der Waals surface area contributed by atoms with Gasteiger partial charge >= 0.3 is 5.97 Å². The minimum atomic E-state index is -0.161. The third-order valence-corrected chi connectivity index (χ3v) is 11.5. The van der Waals surface area contributed by atoms with Gasteiger partial charge in [0.25, 0.3) is 0 Å². The molecule has 1 aromatic rings. The molecule has 36 heavy (non-hydrogen) atoms. The first-order valence-electron chi connectivity index (χ1n) is 15.2. The second kappa shape index (κ2) is 10.3. The number of carbonyl (C=O) groups is 1. The number of fused-ring (bicyclic) bond motifs is 5. The molecule has 2 nitrogen and oxygen atoms in total.